The highest BCUT2D eigenvalue weighted by Crippen LogP contribution is 2.32. The molecular weight excluding hydrogens is 355 g/mol. The maximum Gasteiger partial charge on any atom is 0.228 e. The summed E-state index contributed by atoms with van der Waals surface area (Å²) >= 11 is 18.0. The predicted octanol–water partition coefficient (Wildman–Crippen LogP) is 5.11. The minimum Gasteiger partial charge on any atom is -0.362 e. The smallest absolute Gasteiger partial charge is 0.228 e. The zero-order valence-electron chi connectivity index (χ0n) is 13.2. The lowest BCUT2D eigenvalue weighted by atomic mass is 9.95. The van der Waals surface area contributed by atoms with Crippen LogP contribution in [0, 0.1) is 5.41 Å². The Balaban J connectivity index is 2.24. The van der Waals surface area contributed by atoms with Gasteiger partial charge in [0.2, 0.25) is 9.70 Å². The summed E-state index contributed by atoms with van der Waals surface area (Å²) in [6.07, 6.45) is -0.847. The van der Waals surface area contributed by atoms with Crippen LogP contribution in [0.15, 0.2) is 42.5 Å². The van der Waals surface area contributed by atoms with Gasteiger partial charge in [0.1, 0.15) is 6.17 Å². The summed E-state index contributed by atoms with van der Waals surface area (Å²) in [6.45, 7) is 5.40. The first-order chi connectivity index (χ1) is 10.6. The van der Waals surface area contributed by atoms with Crippen LogP contribution < -0.4 is 10.6 Å². The summed E-state index contributed by atoms with van der Waals surface area (Å²) in [5, 5.41) is 8.01. The summed E-state index contributed by atoms with van der Waals surface area (Å²) in [5.74, 6) is -0.206. The van der Waals surface area contributed by atoms with E-state index in [0.29, 0.717) is 0 Å². The number of carbonyl (C=O) groups is 1. The van der Waals surface area contributed by atoms with Crippen LogP contribution in [0.3, 0.4) is 0 Å². The van der Waals surface area contributed by atoms with Gasteiger partial charge in [-0.2, -0.15) is 0 Å². The standard InChI is InChI=1S/C17H19Cl3N2O/c1-16(2,3)15(23)22-14(17(18,19)20)21-13-9-8-11-6-4-5-7-12(11)10-13/h4-10,14,21H,1-3H3,(H,22,23). The van der Waals surface area contributed by atoms with Crippen LogP contribution in [0.4, 0.5) is 5.69 Å². The molecule has 1 amide bonds. The first-order valence-corrected chi connectivity index (χ1v) is 8.34. The Bertz CT molecular complexity index is 705. The molecule has 2 aromatic rings. The lowest BCUT2D eigenvalue weighted by Gasteiger charge is -2.30. The molecule has 2 rings (SSSR count). The molecule has 23 heavy (non-hydrogen) atoms. The second kappa shape index (κ2) is 6.76. The number of halogens is 3. The molecule has 0 heterocycles. The van der Waals surface area contributed by atoms with Crippen molar-refractivity contribution >= 4 is 57.2 Å². The lowest BCUT2D eigenvalue weighted by molar-refractivity contribution is -0.129. The lowest BCUT2D eigenvalue weighted by Crippen LogP contribution is -2.52. The molecule has 0 saturated heterocycles. The van der Waals surface area contributed by atoms with Crippen molar-refractivity contribution in [1.82, 2.24) is 5.32 Å². The fourth-order valence-electron chi connectivity index (χ4n) is 1.99. The molecule has 0 saturated carbocycles. The zero-order valence-corrected chi connectivity index (χ0v) is 15.4. The Labute approximate surface area is 151 Å². The van der Waals surface area contributed by atoms with E-state index in [-0.39, 0.29) is 5.91 Å². The van der Waals surface area contributed by atoms with Crippen LogP contribution in [-0.2, 0) is 4.79 Å². The van der Waals surface area contributed by atoms with E-state index in [0.717, 1.165) is 16.5 Å². The third-order valence-electron chi connectivity index (χ3n) is 3.34. The average molecular weight is 374 g/mol. The largest absolute Gasteiger partial charge is 0.362 e. The second-order valence-electron chi connectivity index (χ2n) is 6.40. The Morgan fingerprint density at radius 1 is 1.00 bits per heavy atom. The molecule has 124 valence electrons. The van der Waals surface area contributed by atoms with E-state index in [2.05, 4.69) is 10.6 Å². The normalized spacial score (nSPS) is 13.7. The molecule has 2 N–H and O–H groups in total. The molecule has 3 nitrogen and oxygen atoms in total. The van der Waals surface area contributed by atoms with Gasteiger partial charge in [0.05, 0.1) is 0 Å². The zero-order chi connectivity index (χ0) is 17.3. The van der Waals surface area contributed by atoms with Gasteiger partial charge in [-0.1, -0.05) is 85.9 Å². The van der Waals surface area contributed by atoms with Crippen molar-refractivity contribution in [2.24, 2.45) is 5.41 Å². The van der Waals surface area contributed by atoms with Gasteiger partial charge in [0, 0.05) is 11.1 Å². The molecule has 0 spiro atoms. The average Bonchev–Trinajstić information content (AvgIpc) is 2.44. The SMILES string of the molecule is CC(C)(C)C(=O)NC(Nc1ccc2ccccc2c1)C(Cl)(Cl)Cl. The van der Waals surface area contributed by atoms with Crippen molar-refractivity contribution < 1.29 is 4.79 Å². The van der Waals surface area contributed by atoms with E-state index in [1.807, 2.05) is 42.5 Å². The number of hydrogen-bond donors (Lipinski definition) is 2. The molecule has 6 heteroatoms. The molecule has 0 aromatic heterocycles. The Morgan fingerprint density at radius 3 is 2.17 bits per heavy atom. The summed E-state index contributed by atoms with van der Waals surface area (Å²) < 4.78 is -1.69. The minimum absolute atomic E-state index is 0.206. The van der Waals surface area contributed by atoms with Crippen molar-refractivity contribution in [3.8, 4) is 0 Å². The summed E-state index contributed by atoms with van der Waals surface area (Å²) in [4.78, 5) is 12.2. The van der Waals surface area contributed by atoms with Gasteiger partial charge in [-0.25, -0.2) is 0 Å². The third-order valence-corrected chi connectivity index (χ3v) is 4.00. The minimum atomic E-state index is -1.69. The highest BCUT2D eigenvalue weighted by Gasteiger charge is 2.36. The van der Waals surface area contributed by atoms with Crippen LogP contribution in [0.25, 0.3) is 10.8 Å². The fourth-order valence-corrected chi connectivity index (χ4v) is 2.32. The van der Waals surface area contributed by atoms with Gasteiger partial charge in [-0.15, -0.1) is 0 Å². The van der Waals surface area contributed by atoms with Gasteiger partial charge in [0.15, 0.2) is 0 Å². The Morgan fingerprint density at radius 2 is 1.61 bits per heavy atom. The van der Waals surface area contributed by atoms with E-state index in [1.54, 1.807) is 20.8 Å². The topological polar surface area (TPSA) is 41.1 Å². The van der Waals surface area contributed by atoms with Gasteiger partial charge in [-0.3, -0.25) is 4.79 Å². The number of nitrogens with one attached hydrogen (secondary N) is 2. The second-order valence-corrected chi connectivity index (χ2v) is 8.77. The number of anilines is 1. The molecule has 0 aliphatic heterocycles. The molecule has 0 aliphatic rings. The maximum absolute atomic E-state index is 12.2. The van der Waals surface area contributed by atoms with Gasteiger partial charge < -0.3 is 10.6 Å². The molecular formula is C17H19Cl3N2O. The summed E-state index contributed by atoms with van der Waals surface area (Å²) in [5.41, 5.74) is 0.174. The van der Waals surface area contributed by atoms with Crippen molar-refractivity contribution in [2.45, 2.75) is 30.7 Å². The van der Waals surface area contributed by atoms with Crippen molar-refractivity contribution in [1.29, 1.82) is 0 Å². The van der Waals surface area contributed by atoms with Crippen LogP contribution in [0.1, 0.15) is 20.8 Å². The van der Waals surface area contributed by atoms with E-state index >= 15 is 0 Å². The monoisotopic (exact) mass is 372 g/mol. The molecule has 0 radical (unpaired) electrons. The molecule has 0 aliphatic carbocycles. The van der Waals surface area contributed by atoms with Crippen LogP contribution in [0.2, 0.25) is 0 Å². The van der Waals surface area contributed by atoms with Crippen molar-refractivity contribution in [3.05, 3.63) is 42.5 Å². The molecule has 1 unspecified atom stereocenters. The fraction of sp³-hybridized carbons (Fsp3) is 0.353. The van der Waals surface area contributed by atoms with Crippen molar-refractivity contribution in [2.75, 3.05) is 5.32 Å². The number of benzene rings is 2. The predicted molar refractivity (Wildman–Crippen MR) is 99.2 cm³/mol. The Hall–Kier alpha value is -1.16. The number of fused-ring (bicyclic) bond motifs is 1. The third kappa shape index (κ3) is 4.90. The quantitative estimate of drug-likeness (QED) is 0.580. The van der Waals surface area contributed by atoms with Gasteiger partial charge >= 0.3 is 0 Å². The van der Waals surface area contributed by atoms with Gasteiger partial charge in [-0.05, 0) is 22.9 Å². The van der Waals surface area contributed by atoms with E-state index < -0.39 is 15.4 Å². The summed E-state index contributed by atoms with van der Waals surface area (Å²) in [7, 11) is 0. The number of hydrogen-bond acceptors (Lipinski definition) is 2. The first kappa shape index (κ1) is 18.2. The van der Waals surface area contributed by atoms with E-state index in [9.17, 15) is 4.79 Å². The van der Waals surface area contributed by atoms with Gasteiger partial charge in [0.25, 0.3) is 0 Å². The number of amides is 1. The first-order valence-electron chi connectivity index (χ1n) is 7.20. The van der Waals surface area contributed by atoms with Crippen LogP contribution >= 0.6 is 34.8 Å². The number of carbonyl (C=O) groups excluding carboxylic acids is 1. The number of rotatable bonds is 3. The van der Waals surface area contributed by atoms with Crippen molar-refractivity contribution in [3.63, 3.8) is 0 Å². The van der Waals surface area contributed by atoms with E-state index in [1.165, 1.54) is 0 Å². The van der Waals surface area contributed by atoms with Crippen LogP contribution in [0.5, 0.6) is 0 Å². The highest BCUT2D eigenvalue weighted by atomic mass is 35.6. The summed E-state index contributed by atoms with van der Waals surface area (Å²) in [6, 6.07) is 13.8. The van der Waals surface area contributed by atoms with Crippen LogP contribution in [-0.4, -0.2) is 15.9 Å². The molecule has 1 atom stereocenters. The molecule has 0 fully saturated rings. The Kier molecular flexibility index (Phi) is 5.34. The number of alkyl halides is 3. The maximum atomic E-state index is 12.2. The highest BCUT2D eigenvalue weighted by molar-refractivity contribution is 6.68. The molecule has 2 aromatic carbocycles. The molecule has 0 bridgehead atoms. The van der Waals surface area contributed by atoms with E-state index in [4.69, 9.17) is 34.8 Å².